The number of morpholine rings is 2. The van der Waals surface area contributed by atoms with Crippen LogP contribution in [0.1, 0.15) is 154 Å². The Balaban J connectivity index is 0.874. The summed E-state index contributed by atoms with van der Waals surface area (Å²) < 4.78 is 14.3. The van der Waals surface area contributed by atoms with Gasteiger partial charge in [0.2, 0.25) is 0 Å². The van der Waals surface area contributed by atoms with E-state index in [1.165, 1.54) is 96.3 Å². The Morgan fingerprint density at radius 2 is 0.941 bits per heavy atom. The molecule has 21 unspecified atom stereocenters. The van der Waals surface area contributed by atoms with E-state index in [1.807, 2.05) is 0 Å². The van der Waals surface area contributed by atoms with Crippen molar-refractivity contribution in [1.82, 2.24) is 9.80 Å². The molecule has 10 aliphatic rings. The molecule has 10 fully saturated rings. The summed E-state index contributed by atoms with van der Waals surface area (Å²) in [5.74, 6) is 8.90. The van der Waals surface area contributed by atoms with Crippen molar-refractivity contribution >= 4 is 0 Å². The summed E-state index contributed by atoms with van der Waals surface area (Å²) in [7, 11) is 0. The van der Waals surface area contributed by atoms with E-state index in [4.69, 9.17) is 9.47 Å². The Bertz CT molecular complexity index is 1460. The second-order valence-corrected chi connectivity index (χ2v) is 21.4. The molecule has 11 rings (SSSR count). The van der Waals surface area contributed by atoms with Gasteiger partial charge in [0.05, 0.1) is 24.4 Å². The number of rotatable bonds is 2. The van der Waals surface area contributed by atoms with E-state index in [9.17, 15) is 0 Å². The first kappa shape index (κ1) is 33.4. The highest BCUT2D eigenvalue weighted by molar-refractivity contribution is 5.36. The summed E-state index contributed by atoms with van der Waals surface area (Å²) in [6.07, 6.45) is 22.6. The molecule has 4 heteroatoms. The molecule has 0 bridgehead atoms. The Kier molecular flexibility index (Phi) is 8.21. The van der Waals surface area contributed by atoms with Crippen LogP contribution in [0.4, 0.5) is 0 Å². The predicted octanol–water partition coefficient (Wildman–Crippen LogP) is 9.81. The molecule has 280 valence electrons. The van der Waals surface area contributed by atoms with Crippen LogP contribution in [0.2, 0.25) is 0 Å². The van der Waals surface area contributed by atoms with Gasteiger partial charge in [0.25, 0.3) is 0 Å². The summed E-state index contributed by atoms with van der Waals surface area (Å²) in [4.78, 5) is 6.36. The first-order chi connectivity index (χ1) is 24.8. The molecular weight excluding hydrogens is 625 g/mol. The fourth-order valence-corrected chi connectivity index (χ4v) is 16.7. The van der Waals surface area contributed by atoms with Crippen molar-refractivity contribution in [2.45, 2.75) is 203 Å². The first-order valence-electron chi connectivity index (χ1n) is 22.7. The van der Waals surface area contributed by atoms with Crippen molar-refractivity contribution in [3.8, 4) is 0 Å². The van der Waals surface area contributed by atoms with Gasteiger partial charge in [-0.25, -0.2) is 0 Å². The van der Waals surface area contributed by atoms with Crippen molar-refractivity contribution in [2.24, 2.45) is 53.3 Å². The smallest absolute Gasteiger partial charge is 0.0740 e. The van der Waals surface area contributed by atoms with Crippen LogP contribution in [0, 0.1) is 53.3 Å². The molecule has 0 amide bonds. The lowest BCUT2D eigenvalue weighted by Crippen LogP contribution is -2.64. The Labute approximate surface area is 310 Å². The van der Waals surface area contributed by atoms with Gasteiger partial charge in [0.15, 0.2) is 0 Å². The van der Waals surface area contributed by atoms with E-state index >= 15 is 0 Å². The second-order valence-electron chi connectivity index (χ2n) is 21.4. The molecule has 4 nitrogen and oxygen atoms in total. The lowest BCUT2D eigenvalue weighted by Gasteiger charge is -2.55. The molecule has 0 N–H and O–H groups in total. The molecule has 1 aromatic rings. The minimum atomic E-state index is 0.481. The van der Waals surface area contributed by atoms with E-state index in [0.717, 1.165) is 77.2 Å². The zero-order valence-electron chi connectivity index (χ0n) is 32.8. The van der Waals surface area contributed by atoms with Crippen molar-refractivity contribution in [3.63, 3.8) is 0 Å². The van der Waals surface area contributed by atoms with Gasteiger partial charge in [-0.3, -0.25) is 9.80 Å². The second kappa shape index (κ2) is 12.5. The molecule has 4 aliphatic heterocycles. The summed E-state index contributed by atoms with van der Waals surface area (Å²) in [6, 6.07) is 14.4. The predicted molar refractivity (Wildman–Crippen MR) is 205 cm³/mol. The SMILES string of the molecule is CC1CCC2C(C1)OC1CC(C)CC3C4CC(c5ccccc5C5CC(C)C6C(C5)C5CC(C)CC7OC8CC(C)CCC8N6C75)CCC4N2C13. The number of nitrogens with zero attached hydrogens (tertiary/aromatic N) is 2. The van der Waals surface area contributed by atoms with Crippen molar-refractivity contribution in [1.29, 1.82) is 0 Å². The maximum Gasteiger partial charge on any atom is 0.0740 e. The normalized spacial score (nSPS) is 56.2. The molecule has 21 atom stereocenters. The van der Waals surface area contributed by atoms with Gasteiger partial charge >= 0.3 is 0 Å². The van der Waals surface area contributed by atoms with Crippen LogP contribution in [0.15, 0.2) is 24.3 Å². The quantitative estimate of drug-likeness (QED) is 0.308. The Morgan fingerprint density at radius 3 is 1.61 bits per heavy atom. The van der Waals surface area contributed by atoms with E-state index in [1.54, 1.807) is 11.1 Å². The van der Waals surface area contributed by atoms with Crippen molar-refractivity contribution < 1.29 is 9.47 Å². The van der Waals surface area contributed by atoms with Gasteiger partial charge in [-0.15, -0.1) is 0 Å². The van der Waals surface area contributed by atoms with Crippen LogP contribution in [0.3, 0.4) is 0 Å². The molecule has 0 aromatic heterocycles. The van der Waals surface area contributed by atoms with Crippen LogP contribution in [0.25, 0.3) is 0 Å². The standard InChI is InChI=1S/C47H70N2O2/c1-25-10-13-39-41(18-25)50-43-20-27(3)16-35-34-23-30(12-15-38(34)48(39)46(35)43)32-8-6-7-9-33(32)31-22-29(5)45-37(24-31)36-17-28(4)21-44-47(36)49(45)40-14-11-26(2)19-42(40)51-44/h6-9,25-31,34-47H,10-24H2,1-5H3. The Hall–Kier alpha value is -0.940. The summed E-state index contributed by atoms with van der Waals surface area (Å²) in [6.45, 7) is 12.7. The molecule has 6 saturated carbocycles. The summed E-state index contributed by atoms with van der Waals surface area (Å²) in [5, 5.41) is 0. The maximum absolute atomic E-state index is 7.15. The lowest BCUT2D eigenvalue weighted by atomic mass is 9.62. The van der Waals surface area contributed by atoms with E-state index < -0.39 is 0 Å². The zero-order chi connectivity index (χ0) is 34.3. The number of hydrogen-bond donors (Lipinski definition) is 0. The molecule has 4 saturated heterocycles. The Morgan fingerprint density at radius 1 is 0.431 bits per heavy atom. The van der Waals surface area contributed by atoms with Gasteiger partial charge in [0.1, 0.15) is 0 Å². The van der Waals surface area contributed by atoms with Gasteiger partial charge in [0, 0.05) is 36.3 Å². The average Bonchev–Trinajstić information content (AvgIpc) is 3.62. The molecular formula is C47H70N2O2. The van der Waals surface area contributed by atoms with Gasteiger partial charge in [-0.2, -0.15) is 0 Å². The van der Waals surface area contributed by atoms with E-state index in [2.05, 4.69) is 68.7 Å². The van der Waals surface area contributed by atoms with Crippen LogP contribution in [-0.2, 0) is 9.47 Å². The highest BCUT2D eigenvalue weighted by Crippen LogP contribution is 2.61. The first-order valence-corrected chi connectivity index (χ1v) is 22.7. The molecule has 51 heavy (non-hydrogen) atoms. The van der Waals surface area contributed by atoms with Crippen LogP contribution in [-0.4, -0.2) is 70.5 Å². The number of fused-ring (bicyclic) bond motifs is 10. The highest BCUT2D eigenvalue weighted by atomic mass is 16.5. The number of hydrogen-bond acceptors (Lipinski definition) is 4. The van der Waals surface area contributed by atoms with Crippen molar-refractivity contribution in [3.05, 3.63) is 35.4 Å². The minimum absolute atomic E-state index is 0.481. The van der Waals surface area contributed by atoms with Crippen LogP contribution in [0.5, 0.6) is 0 Å². The third kappa shape index (κ3) is 5.16. The third-order valence-corrected chi connectivity index (χ3v) is 18.2. The number of benzene rings is 1. The summed E-state index contributed by atoms with van der Waals surface area (Å²) in [5.41, 5.74) is 3.54. The topological polar surface area (TPSA) is 24.9 Å². The summed E-state index contributed by atoms with van der Waals surface area (Å²) >= 11 is 0. The molecule has 1 aromatic carbocycles. The maximum atomic E-state index is 7.15. The zero-order valence-corrected chi connectivity index (χ0v) is 32.8. The molecule has 6 aliphatic carbocycles. The number of ether oxygens (including phenoxy) is 2. The van der Waals surface area contributed by atoms with Gasteiger partial charge in [-0.05, 0) is 173 Å². The van der Waals surface area contributed by atoms with Crippen LogP contribution >= 0.6 is 0 Å². The molecule has 0 spiro atoms. The third-order valence-electron chi connectivity index (χ3n) is 18.2. The largest absolute Gasteiger partial charge is 0.372 e. The molecule has 4 heterocycles. The highest BCUT2D eigenvalue weighted by Gasteiger charge is 2.64. The minimum Gasteiger partial charge on any atom is -0.372 e. The average molecular weight is 695 g/mol. The van der Waals surface area contributed by atoms with Gasteiger partial charge in [-0.1, -0.05) is 58.9 Å². The fourth-order valence-electron chi connectivity index (χ4n) is 16.7. The van der Waals surface area contributed by atoms with Crippen molar-refractivity contribution in [2.75, 3.05) is 0 Å². The molecule has 0 radical (unpaired) electrons. The lowest BCUT2D eigenvalue weighted by molar-refractivity contribution is -0.189. The fraction of sp³-hybridized carbons (Fsp3) is 0.872. The van der Waals surface area contributed by atoms with E-state index in [-0.39, 0.29) is 0 Å². The van der Waals surface area contributed by atoms with E-state index in [0.29, 0.717) is 48.6 Å². The monoisotopic (exact) mass is 695 g/mol. The van der Waals surface area contributed by atoms with Gasteiger partial charge < -0.3 is 9.47 Å². The van der Waals surface area contributed by atoms with Crippen LogP contribution < -0.4 is 0 Å².